The van der Waals surface area contributed by atoms with E-state index in [0.29, 0.717) is 0 Å². The minimum Gasteiger partial charge on any atom is -0.206 e. The highest BCUT2D eigenvalue weighted by molar-refractivity contribution is 5.33. The number of rotatable bonds is 10. The molecule has 0 bridgehead atoms. The van der Waals surface area contributed by atoms with Crippen LogP contribution in [0.5, 0.6) is 0 Å². The minimum absolute atomic E-state index is 0.152. The van der Waals surface area contributed by atoms with E-state index < -0.39 is 0 Å². The van der Waals surface area contributed by atoms with Gasteiger partial charge in [0.05, 0.1) is 5.56 Å². The van der Waals surface area contributed by atoms with Crippen molar-refractivity contribution < 1.29 is 4.39 Å². The Morgan fingerprint density at radius 1 is 0.960 bits per heavy atom. The van der Waals surface area contributed by atoms with Crippen LogP contribution in [0.2, 0.25) is 0 Å². The first-order valence-corrected chi connectivity index (χ1v) is 10.4. The van der Waals surface area contributed by atoms with Gasteiger partial charge < -0.3 is 0 Å². The molecule has 0 aliphatic heterocycles. The van der Waals surface area contributed by atoms with Crippen molar-refractivity contribution in [2.75, 3.05) is 0 Å². The summed E-state index contributed by atoms with van der Waals surface area (Å²) in [6, 6.07) is 6.95. The molecule has 0 atom stereocenters. The first-order chi connectivity index (χ1) is 12.2. The van der Waals surface area contributed by atoms with E-state index in [0.717, 1.165) is 30.2 Å². The lowest BCUT2D eigenvalue weighted by Gasteiger charge is -2.28. The molecule has 1 nitrogen and oxygen atoms in total. The van der Waals surface area contributed by atoms with Crippen LogP contribution in [-0.4, -0.2) is 0 Å². The van der Waals surface area contributed by atoms with Gasteiger partial charge in [0.2, 0.25) is 0 Å². The standard InChI is InChI=1S/C23H34FN/c1-2-3-4-5-6-7-8-19-9-11-20(12-10-19)13-14-21-15-16-22(18-25)23(24)17-21/h15-17,19-20H,2-14H2,1H3. The van der Waals surface area contributed by atoms with Gasteiger partial charge in [-0.05, 0) is 42.4 Å². The average molecular weight is 344 g/mol. The summed E-state index contributed by atoms with van der Waals surface area (Å²) >= 11 is 0. The number of unbranched alkanes of at least 4 members (excludes halogenated alkanes) is 5. The quantitative estimate of drug-likeness (QED) is 0.412. The number of nitrogens with zero attached hydrogens (tertiary/aromatic N) is 1. The van der Waals surface area contributed by atoms with Crippen molar-refractivity contribution in [1.82, 2.24) is 0 Å². The second kappa shape index (κ2) is 11.3. The van der Waals surface area contributed by atoms with Crippen molar-refractivity contribution in [2.45, 2.75) is 90.4 Å². The van der Waals surface area contributed by atoms with Crippen LogP contribution < -0.4 is 0 Å². The summed E-state index contributed by atoms with van der Waals surface area (Å²) in [7, 11) is 0. The highest BCUT2D eigenvalue weighted by atomic mass is 19.1. The lowest BCUT2D eigenvalue weighted by Crippen LogP contribution is -2.15. The Kier molecular flexibility index (Phi) is 9.02. The maximum Gasteiger partial charge on any atom is 0.141 e. The van der Waals surface area contributed by atoms with E-state index in [-0.39, 0.29) is 11.4 Å². The van der Waals surface area contributed by atoms with Gasteiger partial charge in [-0.15, -0.1) is 0 Å². The van der Waals surface area contributed by atoms with E-state index in [1.807, 2.05) is 12.1 Å². The third kappa shape index (κ3) is 7.18. The monoisotopic (exact) mass is 343 g/mol. The fraction of sp³-hybridized carbons (Fsp3) is 0.696. The minimum atomic E-state index is -0.373. The molecule has 25 heavy (non-hydrogen) atoms. The van der Waals surface area contributed by atoms with E-state index in [4.69, 9.17) is 5.26 Å². The molecule has 2 heteroatoms. The number of benzene rings is 1. The number of aryl methyl sites for hydroxylation is 1. The molecule has 1 fully saturated rings. The summed E-state index contributed by atoms with van der Waals surface area (Å²) < 4.78 is 13.7. The zero-order valence-corrected chi connectivity index (χ0v) is 15.9. The first kappa shape index (κ1) is 20.0. The lowest BCUT2D eigenvalue weighted by molar-refractivity contribution is 0.248. The zero-order chi connectivity index (χ0) is 17.9. The normalized spacial score (nSPS) is 20.4. The maximum absolute atomic E-state index is 13.7. The largest absolute Gasteiger partial charge is 0.206 e. The summed E-state index contributed by atoms with van der Waals surface area (Å²) in [4.78, 5) is 0. The second-order valence-electron chi connectivity index (χ2n) is 7.91. The first-order valence-electron chi connectivity index (χ1n) is 10.4. The molecule has 1 aromatic rings. The molecule has 0 unspecified atom stereocenters. The van der Waals surface area contributed by atoms with E-state index in [9.17, 15) is 4.39 Å². The molecule has 0 saturated heterocycles. The van der Waals surface area contributed by atoms with Crippen LogP contribution in [0.15, 0.2) is 18.2 Å². The van der Waals surface area contributed by atoms with Crippen LogP contribution in [-0.2, 0) is 6.42 Å². The van der Waals surface area contributed by atoms with Crippen molar-refractivity contribution in [3.8, 4) is 6.07 Å². The molecular weight excluding hydrogens is 309 g/mol. The summed E-state index contributed by atoms with van der Waals surface area (Å²) in [6.07, 6.45) is 17.4. The van der Waals surface area contributed by atoms with Crippen molar-refractivity contribution in [1.29, 1.82) is 5.26 Å². The van der Waals surface area contributed by atoms with Gasteiger partial charge in [0.15, 0.2) is 0 Å². The fourth-order valence-electron chi connectivity index (χ4n) is 4.20. The smallest absolute Gasteiger partial charge is 0.141 e. The molecule has 0 amide bonds. The molecule has 1 saturated carbocycles. The van der Waals surface area contributed by atoms with Gasteiger partial charge in [-0.25, -0.2) is 4.39 Å². The highest BCUT2D eigenvalue weighted by Crippen LogP contribution is 2.34. The number of nitriles is 1. The van der Waals surface area contributed by atoms with Gasteiger partial charge in [-0.1, -0.05) is 83.6 Å². The second-order valence-corrected chi connectivity index (χ2v) is 7.91. The van der Waals surface area contributed by atoms with Gasteiger partial charge >= 0.3 is 0 Å². The van der Waals surface area contributed by atoms with E-state index in [1.165, 1.54) is 70.6 Å². The van der Waals surface area contributed by atoms with E-state index >= 15 is 0 Å². The topological polar surface area (TPSA) is 23.8 Å². The molecule has 1 aliphatic carbocycles. The fourth-order valence-corrected chi connectivity index (χ4v) is 4.20. The van der Waals surface area contributed by atoms with Crippen LogP contribution in [0.25, 0.3) is 0 Å². The molecule has 2 rings (SSSR count). The van der Waals surface area contributed by atoms with Crippen LogP contribution in [0.1, 0.15) is 95.1 Å². The third-order valence-corrected chi connectivity index (χ3v) is 5.93. The molecule has 0 aromatic heterocycles. The Hall–Kier alpha value is -1.36. The molecule has 138 valence electrons. The summed E-state index contributed by atoms with van der Waals surface area (Å²) in [5, 5.41) is 8.79. The Balaban J connectivity index is 1.59. The maximum atomic E-state index is 13.7. The van der Waals surface area contributed by atoms with Gasteiger partial charge in [-0.2, -0.15) is 5.26 Å². The molecule has 1 aromatic carbocycles. The van der Waals surface area contributed by atoms with Crippen LogP contribution >= 0.6 is 0 Å². The number of hydrogen-bond donors (Lipinski definition) is 0. The van der Waals surface area contributed by atoms with E-state index in [2.05, 4.69) is 6.92 Å². The third-order valence-electron chi connectivity index (χ3n) is 5.93. The predicted octanol–water partition coefficient (Wildman–Crippen LogP) is 7.19. The SMILES string of the molecule is CCCCCCCCC1CCC(CCc2ccc(C#N)c(F)c2)CC1. The van der Waals surface area contributed by atoms with Gasteiger partial charge in [0.1, 0.15) is 11.9 Å². The zero-order valence-electron chi connectivity index (χ0n) is 15.9. The average Bonchev–Trinajstić information content (AvgIpc) is 2.64. The van der Waals surface area contributed by atoms with Gasteiger partial charge in [0.25, 0.3) is 0 Å². The summed E-state index contributed by atoms with van der Waals surface area (Å²) in [5.41, 5.74) is 1.18. The Bertz CT molecular complexity index is 538. The summed E-state index contributed by atoms with van der Waals surface area (Å²) in [5.74, 6) is 1.39. The van der Waals surface area contributed by atoms with Gasteiger partial charge in [0, 0.05) is 0 Å². The Morgan fingerprint density at radius 2 is 1.60 bits per heavy atom. The van der Waals surface area contributed by atoms with Crippen LogP contribution in [0, 0.1) is 29.0 Å². The molecule has 0 radical (unpaired) electrons. The number of halogens is 1. The van der Waals surface area contributed by atoms with Crippen molar-refractivity contribution in [2.24, 2.45) is 11.8 Å². The molecule has 1 aliphatic rings. The summed E-state index contributed by atoms with van der Waals surface area (Å²) in [6.45, 7) is 2.27. The van der Waals surface area contributed by atoms with Gasteiger partial charge in [-0.3, -0.25) is 0 Å². The molecule has 0 heterocycles. The van der Waals surface area contributed by atoms with Crippen LogP contribution in [0.4, 0.5) is 4.39 Å². The van der Waals surface area contributed by atoms with Crippen molar-refractivity contribution >= 4 is 0 Å². The number of hydrogen-bond acceptors (Lipinski definition) is 1. The van der Waals surface area contributed by atoms with Crippen molar-refractivity contribution in [3.05, 3.63) is 35.1 Å². The predicted molar refractivity (Wildman–Crippen MR) is 103 cm³/mol. The Labute approximate surface area is 153 Å². The Morgan fingerprint density at radius 3 is 2.24 bits per heavy atom. The molecular formula is C23H34FN. The highest BCUT2D eigenvalue weighted by Gasteiger charge is 2.20. The lowest BCUT2D eigenvalue weighted by atomic mass is 9.77. The molecule has 0 spiro atoms. The van der Waals surface area contributed by atoms with Crippen LogP contribution in [0.3, 0.4) is 0 Å². The van der Waals surface area contributed by atoms with E-state index in [1.54, 1.807) is 12.1 Å². The van der Waals surface area contributed by atoms with Crippen molar-refractivity contribution in [3.63, 3.8) is 0 Å². The molecule has 0 N–H and O–H groups in total.